The van der Waals surface area contributed by atoms with Crippen LogP contribution in [0.15, 0.2) is 0 Å². The maximum Gasteiger partial charge on any atom is 0.103 e. The summed E-state index contributed by atoms with van der Waals surface area (Å²) < 4.78 is 0. The third-order valence-corrected chi connectivity index (χ3v) is 2.14. The molecule has 1 rings (SSSR count). The van der Waals surface area contributed by atoms with Crippen LogP contribution in [0.1, 0.15) is 50.6 Å². The van der Waals surface area contributed by atoms with E-state index in [0.717, 1.165) is 23.4 Å². The minimum Gasteiger partial charge on any atom is -0.281 e. The zero-order chi connectivity index (χ0) is 10.7. The van der Waals surface area contributed by atoms with E-state index in [2.05, 4.69) is 44.0 Å². The predicted molar refractivity (Wildman–Crippen MR) is 55.9 cm³/mol. The summed E-state index contributed by atoms with van der Waals surface area (Å²) in [4.78, 5) is 0. The number of rotatable bonds is 3. The molecule has 0 saturated carbocycles. The van der Waals surface area contributed by atoms with Crippen molar-refractivity contribution in [2.75, 3.05) is 0 Å². The summed E-state index contributed by atoms with van der Waals surface area (Å²) >= 11 is 0. The van der Waals surface area contributed by atoms with Crippen molar-refractivity contribution >= 4 is 0 Å². The SMILES string of the molecule is CC(C)Cc1[nH]nc(C(C)C)c1C#N. The van der Waals surface area contributed by atoms with Crippen LogP contribution in [0.3, 0.4) is 0 Å². The van der Waals surface area contributed by atoms with Crippen LogP contribution in [0.25, 0.3) is 0 Å². The second kappa shape index (κ2) is 4.28. The quantitative estimate of drug-likeness (QED) is 0.798. The molecule has 0 spiro atoms. The molecule has 0 saturated heterocycles. The van der Waals surface area contributed by atoms with Crippen molar-refractivity contribution < 1.29 is 0 Å². The van der Waals surface area contributed by atoms with Gasteiger partial charge in [-0.1, -0.05) is 27.7 Å². The lowest BCUT2D eigenvalue weighted by Crippen LogP contribution is -1.97. The highest BCUT2D eigenvalue weighted by Gasteiger charge is 2.15. The smallest absolute Gasteiger partial charge is 0.103 e. The van der Waals surface area contributed by atoms with Crippen LogP contribution < -0.4 is 0 Å². The molecule has 3 nitrogen and oxygen atoms in total. The van der Waals surface area contributed by atoms with Crippen molar-refractivity contribution in [2.24, 2.45) is 5.92 Å². The highest BCUT2D eigenvalue weighted by Crippen LogP contribution is 2.20. The third kappa shape index (κ3) is 2.14. The Morgan fingerprint density at radius 2 is 2.00 bits per heavy atom. The van der Waals surface area contributed by atoms with E-state index in [1.165, 1.54) is 0 Å². The summed E-state index contributed by atoms with van der Waals surface area (Å²) in [6.07, 6.45) is 0.891. The fourth-order valence-electron chi connectivity index (χ4n) is 1.49. The van der Waals surface area contributed by atoms with Crippen LogP contribution in [-0.2, 0) is 6.42 Å². The molecule has 3 heteroatoms. The first-order valence-corrected chi connectivity index (χ1v) is 5.03. The van der Waals surface area contributed by atoms with Crippen LogP contribution in [0.2, 0.25) is 0 Å². The number of nitrogens with zero attached hydrogens (tertiary/aromatic N) is 2. The Hall–Kier alpha value is -1.30. The van der Waals surface area contributed by atoms with Gasteiger partial charge in [-0.2, -0.15) is 10.4 Å². The highest BCUT2D eigenvalue weighted by molar-refractivity contribution is 5.39. The summed E-state index contributed by atoms with van der Waals surface area (Å²) in [6, 6.07) is 2.24. The van der Waals surface area contributed by atoms with Gasteiger partial charge in [-0.3, -0.25) is 5.10 Å². The molecule has 76 valence electrons. The van der Waals surface area contributed by atoms with Crippen molar-refractivity contribution in [1.82, 2.24) is 10.2 Å². The Bertz CT molecular complexity index is 342. The lowest BCUT2D eigenvalue weighted by atomic mass is 10.0. The molecule has 0 amide bonds. The largest absolute Gasteiger partial charge is 0.281 e. The average Bonchev–Trinajstić information content (AvgIpc) is 2.46. The molecule has 14 heavy (non-hydrogen) atoms. The molecule has 0 aliphatic heterocycles. The second-order valence-electron chi connectivity index (χ2n) is 4.33. The van der Waals surface area contributed by atoms with Gasteiger partial charge in [0.05, 0.1) is 17.0 Å². The van der Waals surface area contributed by atoms with Gasteiger partial charge in [0.2, 0.25) is 0 Å². The molecule has 0 aliphatic rings. The minimum absolute atomic E-state index is 0.307. The van der Waals surface area contributed by atoms with E-state index in [9.17, 15) is 0 Å². The Morgan fingerprint density at radius 1 is 1.36 bits per heavy atom. The van der Waals surface area contributed by atoms with Gasteiger partial charge in [0, 0.05) is 0 Å². The normalized spacial score (nSPS) is 10.9. The van der Waals surface area contributed by atoms with E-state index >= 15 is 0 Å². The first kappa shape index (κ1) is 10.8. The van der Waals surface area contributed by atoms with Gasteiger partial charge in [0.25, 0.3) is 0 Å². The number of hydrogen-bond acceptors (Lipinski definition) is 2. The first-order valence-electron chi connectivity index (χ1n) is 5.03. The lowest BCUT2D eigenvalue weighted by molar-refractivity contribution is 0.633. The van der Waals surface area contributed by atoms with Crippen LogP contribution in [-0.4, -0.2) is 10.2 Å². The highest BCUT2D eigenvalue weighted by atomic mass is 15.1. The Kier molecular flexibility index (Phi) is 3.29. The van der Waals surface area contributed by atoms with E-state index in [-0.39, 0.29) is 0 Å². The van der Waals surface area contributed by atoms with Crippen LogP contribution >= 0.6 is 0 Å². The van der Waals surface area contributed by atoms with Gasteiger partial charge in [0.15, 0.2) is 0 Å². The first-order chi connectivity index (χ1) is 6.56. The number of aromatic nitrogens is 2. The Labute approximate surface area is 85.1 Å². The minimum atomic E-state index is 0.307. The van der Waals surface area contributed by atoms with Gasteiger partial charge in [-0.15, -0.1) is 0 Å². The van der Waals surface area contributed by atoms with Crippen molar-refractivity contribution in [3.05, 3.63) is 17.0 Å². The van der Waals surface area contributed by atoms with E-state index in [1.54, 1.807) is 0 Å². The Morgan fingerprint density at radius 3 is 2.43 bits per heavy atom. The molecule has 1 heterocycles. The summed E-state index contributed by atoms with van der Waals surface area (Å²) in [6.45, 7) is 8.38. The molecule has 0 radical (unpaired) electrons. The van der Waals surface area contributed by atoms with Crippen molar-refractivity contribution in [2.45, 2.75) is 40.0 Å². The van der Waals surface area contributed by atoms with E-state index in [1.807, 2.05) is 0 Å². The number of nitriles is 1. The number of hydrogen-bond donors (Lipinski definition) is 1. The fourth-order valence-corrected chi connectivity index (χ4v) is 1.49. The molecular formula is C11H17N3. The average molecular weight is 191 g/mol. The zero-order valence-corrected chi connectivity index (χ0v) is 9.26. The molecule has 0 bridgehead atoms. The standard InChI is InChI=1S/C11H17N3/c1-7(2)5-10-9(6-12)11(8(3)4)14-13-10/h7-8H,5H2,1-4H3,(H,13,14). The zero-order valence-electron chi connectivity index (χ0n) is 9.26. The van der Waals surface area contributed by atoms with E-state index < -0.39 is 0 Å². The number of nitrogens with one attached hydrogen (secondary N) is 1. The van der Waals surface area contributed by atoms with Gasteiger partial charge in [-0.25, -0.2) is 0 Å². The van der Waals surface area contributed by atoms with Gasteiger partial charge < -0.3 is 0 Å². The molecule has 1 N–H and O–H groups in total. The molecule has 0 fully saturated rings. The number of H-pyrrole nitrogens is 1. The monoisotopic (exact) mass is 191 g/mol. The van der Waals surface area contributed by atoms with Crippen LogP contribution in [0.5, 0.6) is 0 Å². The summed E-state index contributed by atoms with van der Waals surface area (Å²) in [5, 5.41) is 16.2. The van der Waals surface area contributed by atoms with Crippen LogP contribution in [0.4, 0.5) is 0 Å². The molecule has 1 aromatic heterocycles. The lowest BCUT2D eigenvalue weighted by Gasteiger charge is -2.02. The second-order valence-corrected chi connectivity index (χ2v) is 4.33. The maximum atomic E-state index is 9.04. The topological polar surface area (TPSA) is 52.5 Å². The van der Waals surface area contributed by atoms with Crippen molar-refractivity contribution in [3.8, 4) is 6.07 Å². The maximum absolute atomic E-state index is 9.04. The van der Waals surface area contributed by atoms with Crippen molar-refractivity contribution in [3.63, 3.8) is 0 Å². The molecule has 0 aliphatic carbocycles. The van der Waals surface area contributed by atoms with Gasteiger partial charge in [0.1, 0.15) is 6.07 Å². The summed E-state index contributed by atoms with van der Waals surface area (Å²) in [5.74, 6) is 0.851. The van der Waals surface area contributed by atoms with Gasteiger partial charge in [-0.05, 0) is 18.3 Å². The summed E-state index contributed by atoms with van der Waals surface area (Å²) in [5.41, 5.74) is 2.61. The number of aromatic amines is 1. The third-order valence-electron chi connectivity index (χ3n) is 2.14. The molecule has 0 atom stereocenters. The van der Waals surface area contributed by atoms with E-state index in [0.29, 0.717) is 11.8 Å². The van der Waals surface area contributed by atoms with Crippen molar-refractivity contribution in [1.29, 1.82) is 5.26 Å². The molecule has 0 aromatic carbocycles. The predicted octanol–water partition coefficient (Wildman–Crippen LogP) is 2.60. The molecule has 0 unspecified atom stereocenters. The fraction of sp³-hybridized carbons (Fsp3) is 0.636. The molecule has 1 aromatic rings. The van der Waals surface area contributed by atoms with E-state index in [4.69, 9.17) is 5.26 Å². The van der Waals surface area contributed by atoms with Crippen LogP contribution in [0, 0.1) is 17.2 Å². The van der Waals surface area contributed by atoms with Gasteiger partial charge >= 0.3 is 0 Å². The summed E-state index contributed by atoms with van der Waals surface area (Å²) in [7, 11) is 0. The Balaban J connectivity index is 3.03. The molecular weight excluding hydrogens is 174 g/mol.